The molecule has 0 bridgehead atoms. The zero-order chi connectivity index (χ0) is 25.1. The Hall–Kier alpha value is -3.41. The van der Waals surface area contributed by atoms with E-state index in [2.05, 4.69) is 5.32 Å². The lowest BCUT2D eigenvalue weighted by molar-refractivity contribution is -0.105. The molecule has 34 heavy (non-hydrogen) atoms. The Morgan fingerprint density at radius 2 is 1.74 bits per heavy atom. The van der Waals surface area contributed by atoms with Crippen molar-refractivity contribution in [2.45, 2.75) is 12.8 Å². The number of carbonyl (C=O) groups excluding carboxylic acids is 2. The van der Waals surface area contributed by atoms with Gasteiger partial charge in [-0.1, -0.05) is 11.6 Å². The van der Waals surface area contributed by atoms with Crippen LogP contribution in [0.25, 0.3) is 0 Å². The maximum atomic E-state index is 12.3. The number of rotatable bonds is 14. The van der Waals surface area contributed by atoms with Crippen LogP contribution in [0.15, 0.2) is 18.2 Å². The van der Waals surface area contributed by atoms with Gasteiger partial charge in [-0.3, -0.25) is 4.79 Å². The number of hydrogen-bond acceptors (Lipinski definition) is 10. The van der Waals surface area contributed by atoms with Crippen LogP contribution in [0.5, 0.6) is 28.7 Å². The van der Waals surface area contributed by atoms with Gasteiger partial charge in [0.15, 0.2) is 30.8 Å². The largest absolute Gasteiger partial charge is 0.507 e. The number of phenols is 2. The number of carbonyl (C=O) groups is 2. The van der Waals surface area contributed by atoms with Crippen molar-refractivity contribution in [3.05, 3.63) is 34.3 Å². The molecule has 0 radical (unpaired) electrons. The Bertz CT molecular complexity index is 998. The zero-order valence-electron chi connectivity index (χ0n) is 18.9. The number of anilines is 1. The van der Waals surface area contributed by atoms with Gasteiger partial charge >= 0.3 is 5.97 Å². The summed E-state index contributed by atoms with van der Waals surface area (Å²) in [5, 5.41) is 21.8. The summed E-state index contributed by atoms with van der Waals surface area (Å²) in [7, 11) is 4.36. The second-order valence-electron chi connectivity index (χ2n) is 6.69. The molecular formula is C22H26ClNO10. The molecule has 0 saturated heterocycles. The van der Waals surface area contributed by atoms with E-state index >= 15 is 0 Å². The Kier molecular flexibility index (Phi) is 10.5. The lowest BCUT2D eigenvalue weighted by Crippen LogP contribution is -2.11. The van der Waals surface area contributed by atoms with E-state index in [1.54, 1.807) is 0 Å². The molecule has 3 N–H and O–H groups in total. The van der Waals surface area contributed by atoms with Crippen LogP contribution < -0.4 is 19.5 Å². The molecule has 0 saturated carbocycles. The first-order chi connectivity index (χ1) is 16.4. The van der Waals surface area contributed by atoms with Crippen LogP contribution in [-0.2, 0) is 25.4 Å². The average Bonchev–Trinajstić information content (AvgIpc) is 2.82. The number of methoxy groups -OCH3 is 3. The summed E-state index contributed by atoms with van der Waals surface area (Å²) in [6.07, 6.45) is 1.09. The second kappa shape index (κ2) is 13.3. The smallest absolute Gasteiger partial charge is 0.341 e. The number of amides is 1. The maximum Gasteiger partial charge on any atom is 0.341 e. The normalized spacial score (nSPS) is 10.5. The molecule has 0 unspecified atom stereocenters. The number of halogens is 1. The van der Waals surface area contributed by atoms with Gasteiger partial charge in [0.2, 0.25) is 6.41 Å². The van der Waals surface area contributed by atoms with Crippen molar-refractivity contribution in [2.75, 3.05) is 46.8 Å². The molecule has 0 spiro atoms. The Labute approximate surface area is 201 Å². The molecule has 1 amide bonds. The van der Waals surface area contributed by atoms with Gasteiger partial charge in [0.1, 0.15) is 17.1 Å². The van der Waals surface area contributed by atoms with E-state index in [4.69, 9.17) is 40.0 Å². The number of aromatic hydroxyl groups is 2. The highest BCUT2D eigenvalue weighted by Gasteiger charge is 2.22. The molecule has 0 aliphatic rings. The van der Waals surface area contributed by atoms with E-state index in [-0.39, 0.29) is 42.9 Å². The molecule has 186 valence electrons. The summed E-state index contributed by atoms with van der Waals surface area (Å²) in [4.78, 5) is 23.4. The Balaban J connectivity index is 2.24. The van der Waals surface area contributed by atoms with Crippen molar-refractivity contribution in [3.8, 4) is 28.7 Å². The van der Waals surface area contributed by atoms with Gasteiger partial charge in [-0.05, 0) is 18.9 Å². The first-order valence-electron chi connectivity index (χ1n) is 9.93. The maximum absolute atomic E-state index is 12.3. The third-order valence-corrected chi connectivity index (χ3v) is 4.76. The molecule has 2 aromatic rings. The van der Waals surface area contributed by atoms with Crippen molar-refractivity contribution in [2.24, 2.45) is 0 Å². The Morgan fingerprint density at radius 3 is 2.38 bits per heavy atom. The lowest BCUT2D eigenvalue weighted by atomic mass is 10.0. The first kappa shape index (κ1) is 26.8. The minimum absolute atomic E-state index is 0.0385. The molecule has 2 aromatic carbocycles. The van der Waals surface area contributed by atoms with Crippen LogP contribution >= 0.6 is 11.6 Å². The quantitative estimate of drug-likeness (QED) is 0.153. The predicted octanol–water partition coefficient (Wildman–Crippen LogP) is 3.08. The Morgan fingerprint density at radius 1 is 1.03 bits per heavy atom. The van der Waals surface area contributed by atoms with E-state index in [1.165, 1.54) is 27.4 Å². The SMILES string of the molecule is COCOc1cc(NC=O)c(OCOC)c(CCCOC(=O)c2cc(Cl)c(O)cc2O)c1OC. The van der Waals surface area contributed by atoms with Crippen molar-refractivity contribution < 1.29 is 48.2 Å². The standard InChI is InChI=1S/C22H26ClNO10/c1-29-11-33-19-8-16(24-10-25)20(34-12-30-2)13(21(19)31-3)5-4-6-32-22(28)14-7-15(23)18(27)9-17(14)26/h7-10,26-27H,4-6,11-12H2,1-3H3,(H,24,25). The number of esters is 1. The van der Waals surface area contributed by atoms with Crippen molar-refractivity contribution in [1.82, 2.24) is 0 Å². The van der Waals surface area contributed by atoms with E-state index in [9.17, 15) is 19.8 Å². The third kappa shape index (κ3) is 6.80. The number of nitrogens with one attached hydrogen (secondary N) is 1. The lowest BCUT2D eigenvalue weighted by Gasteiger charge is -2.21. The van der Waals surface area contributed by atoms with E-state index in [0.717, 1.165) is 12.1 Å². The van der Waals surface area contributed by atoms with Crippen molar-refractivity contribution in [3.63, 3.8) is 0 Å². The molecule has 2 rings (SSSR count). The fourth-order valence-electron chi connectivity index (χ4n) is 3.02. The monoisotopic (exact) mass is 499 g/mol. The van der Waals surface area contributed by atoms with Gasteiger partial charge in [-0.2, -0.15) is 0 Å². The topological polar surface area (TPSA) is 142 Å². The number of benzene rings is 2. The molecule has 0 aliphatic heterocycles. The number of hydrogen-bond donors (Lipinski definition) is 3. The highest BCUT2D eigenvalue weighted by Crippen LogP contribution is 2.44. The minimum atomic E-state index is -0.817. The van der Waals surface area contributed by atoms with Crippen LogP contribution in [0.1, 0.15) is 22.3 Å². The van der Waals surface area contributed by atoms with E-state index < -0.39 is 11.7 Å². The number of phenolic OH excluding ortho intramolecular Hbond substituents is 2. The fraction of sp³-hybridized carbons (Fsp3) is 0.364. The molecule has 0 atom stereocenters. The van der Waals surface area contributed by atoms with Crippen LogP contribution in [-0.4, -0.2) is 64.1 Å². The van der Waals surface area contributed by atoms with E-state index in [0.29, 0.717) is 41.3 Å². The van der Waals surface area contributed by atoms with Gasteiger partial charge in [0, 0.05) is 31.9 Å². The highest BCUT2D eigenvalue weighted by molar-refractivity contribution is 6.32. The highest BCUT2D eigenvalue weighted by atomic mass is 35.5. The molecule has 0 aromatic heterocycles. The van der Waals surface area contributed by atoms with Gasteiger partial charge in [0.25, 0.3) is 0 Å². The van der Waals surface area contributed by atoms with Crippen molar-refractivity contribution in [1.29, 1.82) is 0 Å². The molecular weight excluding hydrogens is 474 g/mol. The zero-order valence-corrected chi connectivity index (χ0v) is 19.6. The van der Waals surface area contributed by atoms with Crippen LogP contribution in [0.4, 0.5) is 5.69 Å². The van der Waals surface area contributed by atoms with Crippen LogP contribution in [0, 0.1) is 0 Å². The summed E-state index contributed by atoms with van der Waals surface area (Å²) in [6.45, 7) is -0.202. The summed E-state index contributed by atoms with van der Waals surface area (Å²) >= 11 is 5.80. The average molecular weight is 500 g/mol. The van der Waals surface area contributed by atoms with Gasteiger partial charge < -0.3 is 44.0 Å². The summed E-state index contributed by atoms with van der Waals surface area (Å²) < 4.78 is 31.9. The summed E-state index contributed by atoms with van der Waals surface area (Å²) in [5.41, 5.74) is 0.663. The third-order valence-electron chi connectivity index (χ3n) is 4.45. The van der Waals surface area contributed by atoms with E-state index in [1.807, 2.05) is 0 Å². The van der Waals surface area contributed by atoms with Crippen LogP contribution in [0.3, 0.4) is 0 Å². The van der Waals surface area contributed by atoms with Gasteiger partial charge in [0.05, 0.1) is 24.4 Å². The second-order valence-corrected chi connectivity index (χ2v) is 7.09. The van der Waals surface area contributed by atoms with Crippen molar-refractivity contribution >= 4 is 29.7 Å². The predicted molar refractivity (Wildman–Crippen MR) is 121 cm³/mol. The molecule has 0 heterocycles. The summed E-state index contributed by atoms with van der Waals surface area (Å²) in [5.74, 6) is -0.700. The molecule has 0 aliphatic carbocycles. The fourth-order valence-corrected chi connectivity index (χ4v) is 3.18. The van der Waals surface area contributed by atoms with Gasteiger partial charge in [-0.25, -0.2) is 4.79 Å². The number of ether oxygens (including phenoxy) is 6. The first-order valence-corrected chi connectivity index (χ1v) is 10.3. The minimum Gasteiger partial charge on any atom is -0.507 e. The van der Waals surface area contributed by atoms with Gasteiger partial charge in [-0.15, -0.1) is 0 Å². The molecule has 0 fully saturated rings. The van der Waals surface area contributed by atoms with Crippen LogP contribution in [0.2, 0.25) is 5.02 Å². The molecule has 12 heteroatoms. The summed E-state index contributed by atoms with van der Waals surface area (Å²) in [6, 6.07) is 3.59. The molecule has 11 nitrogen and oxygen atoms in total.